The zero-order valence-electron chi connectivity index (χ0n) is 19.3. The van der Waals surface area contributed by atoms with Gasteiger partial charge < -0.3 is 4.74 Å². The van der Waals surface area contributed by atoms with Gasteiger partial charge in [0, 0.05) is 12.1 Å². The third-order valence-corrected chi connectivity index (χ3v) is 5.93. The average Bonchev–Trinajstić information content (AvgIpc) is 2.83. The summed E-state index contributed by atoms with van der Waals surface area (Å²) in [6.07, 6.45) is 1.29. The van der Waals surface area contributed by atoms with Crippen molar-refractivity contribution in [1.29, 1.82) is 0 Å². The number of non-ortho nitro benzene ring substituents is 1. The molecule has 4 amide bonds. The molecule has 10 heteroatoms. The molecule has 1 saturated heterocycles. The molecule has 36 heavy (non-hydrogen) atoms. The summed E-state index contributed by atoms with van der Waals surface area (Å²) in [4.78, 5) is 48.9. The van der Waals surface area contributed by atoms with Gasteiger partial charge in [-0.25, -0.2) is 9.69 Å². The standard InChI is InChI=1S/C26H20ClN3O6/c1-15-6-7-18(10-16(15)2)14-36-23-9-8-17(12-22(23)27)11-21-24(31)28-26(33)29(25(21)32)19-4-3-5-20(13-19)30(34)35/h3-13H,14H2,1-2H3,(H,28,31,33)/b21-11+. The lowest BCUT2D eigenvalue weighted by molar-refractivity contribution is -0.384. The predicted molar refractivity (Wildman–Crippen MR) is 134 cm³/mol. The highest BCUT2D eigenvalue weighted by Gasteiger charge is 2.37. The minimum atomic E-state index is -1.00. The average molecular weight is 506 g/mol. The van der Waals surface area contributed by atoms with E-state index < -0.39 is 22.8 Å². The van der Waals surface area contributed by atoms with Crippen molar-refractivity contribution in [2.75, 3.05) is 4.90 Å². The number of barbiturate groups is 1. The molecular formula is C26H20ClN3O6. The summed E-state index contributed by atoms with van der Waals surface area (Å²) in [6, 6.07) is 14.8. The van der Waals surface area contributed by atoms with Gasteiger partial charge in [0.2, 0.25) is 0 Å². The quantitative estimate of drug-likeness (QED) is 0.215. The molecule has 4 rings (SSSR count). The highest BCUT2D eigenvalue weighted by Crippen LogP contribution is 2.29. The van der Waals surface area contributed by atoms with Crippen LogP contribution < -0.4 is 15.0 Å². The van der Waals surface area contributed by atoms with E-state index in [0.717, 1.165) is 17.2 Å². The van der Waals surface area contributed by atoms with Crippen LogP contribution in [0.1, 0.15) is 22.3 Å². The van der Waals surface area contributed by atoms with Crippen molar-refractivity contribution in [3.63, 3.8) is 0 Å². The molecular weight excluding hydrogens is 486 g/mol. The number of nitro groups is 1. The van der Waals surface area contributed by atoms with Crippen LogP contribution in [0.4, 0.5) is 16.2 Å². The van der Waals surface area contributed by atoms with Crippen LogP contribution in [0.15, 0.2) is 66.2 Å². The summed E-state index contributed by atoms with van der Waals surface area (Å²) in [5.41, 5.74) is 3.05. The number of urea groups is 1. The van der Waals surface area contributed by atoms with E-state index in [1.54, 1.807) is 12.1 Å². The first-order valence-electron chi connectivity index (χ1n) is 10.8. The number of benzene rings is 3. The van der Waals surface area contributed by atoms with E-state index in [0.29, 0.717) is 22.8 Å². The fourth-order valence-electron chi connectivity index (χ4n) is 3.58. The van der Waals surface area contributed by atoms with Gasteiger partial charge in [-0.3, -0.25) is 25.0 Å². The van der Waals surface area contributed by atoms with E-state index in [1.165, 1.54) is 35.9 Å². The normalized spacial score (nSPS) is 14.7. The van der Waals surface area contributed by atoms with Crippen molar-refractivity contribution < 1.29 is 24.0 Å². The van der Waals surface area contributed by atoms with E-state index in [1.807, 2.05) is 32.0 Å². The Hall–Kier alpha value is -4.50. The van der Waals surface area contributed by atoms with Gasteiger partial charge in [-0.1, -0.05) is 41.9 Å². The van der Waals surface area contributed by atoms with Gasteiger partial charge >= 0.3 is 6.03 Å². The van der Waals surface area contributed by atoms with Crippen LogP contribution in [0, 0.1) is 24.0 Å². The molecule has 0 aliphatic carbocycles. The number of imide groups is 2. The number of nitro benzene ring substituents is 1. The van der Waals surface area contributed by atoms with Crippen molar-refractivity contribution in [2.45, 2.75) is 20.5 Å². The van der Waals surface area contributed by atoms with Crippen LogP contribution in [0.5, 0.6) is 5.75 Å². The Balaban J connectivity index is 1.57. The maximum Gasteiger partial charge on any atom is 0.335 e. The smallest absolute Gasteiger partial charge is 0.335 e. The van der Waals surface area contributed by atoms with Crippen molar-refractivity contribution >= 4 is 46.9 Å². The lowest BCUT2D eigenvalue weighted by Crippen LogP contribution is -2.54. The predicted octanol–water partition coefficient (Wildman–Crippen LogP) is 5.11. The molecule has 182 valence electrons. The fraction of sp³-hybridized carbons (Fsp3) is 0.115. The van der Waals surface area contributed by atoms with Gasteiger partial charge in [-0.2, -0.15) is 0 Å². The topological polar surface area (TPSA) is 119 Å². The van der Waals surface area contributed by atoms with Crippen LogP contribution in [0.25, 0.3) is 6.08 Å². The number of hydrogen-bond acceptors (Lipinski definition) is 6. The second-order valence-corrected chi connectivity index (χ2v) is 8.54. The number of aryl methyl sites for hydroxylation is 2. The zero-order chi connectivity index (χ0) is 26.0. The number of amides is 4. The van der Waals surface area contributed by atoms with E-state index in [4.69, 9.17) is 16.3 Å². The Morgan fingerprint density at radius 1 is 1.03 bits per heavy atom. The lowest BCUT2D eigenvalue weighted by Gasteiger charge is -2.26. The largest absolute Gasteiger partial charge is 0.487 e. The maximum absolute atomic E-state index is 13.0. The Kier molecular flexibility index (Phi) is 6.84. The molecule has 1 fully saturated rings. The number of ether oxygens (including phenoxy) is 1. The maximum atomic E-state index is 13.0. The van der Waals surface area contributed by atoms with E-state index in [-0.39, 0.29) is 22.0 Å². The molecule has 0 spiro atoms. The second kappa shape index (κ2) is 10.0. The van der Waals surface area contributed by atoms with Crippen molar-refractivity contribution in [2.24, 2.45) is 0 Å². The van der Waals surface area contributed by atoms with Gasteiger partial charge in [0.05, 0.1) is 15.6 Å². The minimum Gasteiger partial charge on any atom is -0.487 e. The first-order chi connectivity index (χ1) is 17.1. The molecule has 1 heterocycles. The monoisotopic (exact) mass is 505 g/mol. The third-order valence-electron chi connectivity index (χ3n) is 5.63. The lowest BCUT2D eigenvalue weighted by atomic mass is 10.1. The number of rotatable bonds is 6. The molecule has 9 nitrogen and oxygen atoms in total. The molecule has 0 atom stereocenters. The summed E-state index contributed by atoms with van der Waals surface area (Å²) in [5, 5.41) is 13.4. The summed E-state index contributed by atoms with van der Waals surface area (Å²) in [5.74, 6) is -1.39. The Morgan fingerprint density at radius 3 is 2.50 bits per heavy atom. The number of nitrogens with zero attached hydrogens (tertiary/aromatic N) is 2. The van der Waals surface area contributed by atoms with Crippen molar-refractivity contribution in [1.82, 2.24) is 5.32 Å². The van der Waals surface area contributed by atoms with Crippen LogP contribution in [-0.2, 0) is 16.2 Å². The summed E-state index contributed by atoms with van der Waals surface area (Å²) >= 11 is 6.37. The minimum absolute atomic E-state index is 0.0433. The van der Waals surface area contributed by atoms with E-state index in [2.05, 4.69) is 5.32 Å². The third kappa shape index (κ3) is 5.11. The van der Waals surface area contributed by atoms with Crippen molar-refractivity contribution in [3.05, 3.63) is 104 Å². The molecule has 1 aliphatic rings. The summed E-state index contributed by atoms with van der Waals surface area (Å²) in [7, 11) is 0. The Morgan fingerprint density at radius 2 is 1.81 bits per heavy atom. The first-order valence-corrected chi connectivity index (χ1v) is 11.2. The highest BCUT2D eigenvalue weighted by atomic mass is 35.5. The molecule has 0 unspecified atom stereocenters. The number of carbonyl (C=O) groups excluding carboxylic acids is 3. The van der Waals surface area contributed by atoms with Gasteiger partial charge in [-0.15, -0.1) is 0 Å². The number of carbonyl (C=O) groups is 3. The van der Waals surface area contributed by atoms with Gasteiger partial charge in [-0.05, 0) is 60.4 Å². The molecule has 0 bridgehead atoms. The summed E-state index contributed by atoms with van der Waals surface area (Å²) < 4.78 is 5.82. The van der Waals surface area contributed by atoms with Crippen LogP contribution in [0.2, 0.25) is 5.02 Å². The number of nitrogens with one attached hydrogen (secondary N) is 1. The molecule has 3 aromatic carbocycles. The molecule has 0 radical (unpaired) electrons. The van der Waals surface area contributed by atoms with Gasteiger partial charge in [0.25, 0.3) is 17.5 Å². The number of anilines is 1. The molecule has 1 aliphatic heterocycles. The summed E-state index contributed by atoms with van der Waals surface area (Å²) in [6.45, 7) is 4.35. The number of hydrogen-bond donors (Lipinski definition) is 1. The molecule has 0 saturated carbocycles. The van der Waals surface area contributed by atoms with Crippen LogP contribution in [0.3, 0.4) is 0 Å². The molecule has 3 aromatic rings. The van der Waals surface area contributed by atoms with Crippen LogP contribution >= 0.6 is 11.6 Å². The second-order valence-electron chi connectivity index (χ2n) is 8.13. The van der Waals surface area contributed by atoms with Crippen molar-refractivity contribution in [3.8, 4) is 5.75 Å². The fourth-order valence-corrected chi connectivity index (χ4v) is 3.83. The number of halogens is 1. The van der Waals surface area contributed by atoms with Gasteiger partial charge in [0.1, 0.15) is 17.9 Å². The van der Waals surface area contributed by atoms with Crippen LogP contribution in [-0.4, -0.2) is 22.8 Å². The van der Waals surface area contributed by atoms with E-state index >= 15 is 0 Å². The first kappa shape index (κ1) is 24.6. The zero-order valence-corrected chi connectivity index (χ0v) is 20.0. The SMILES string of the molecule is Cc1ccc(COc2ccc(/C=C3\C(=O)NC(=O)N(c4cccc([N+](=O)[O-])c4)C3=O)cc2Cl)cc1C. The Bertz CT molecular complexity index is 1450. The van der Waals surface area contributed by atoms with E-state index in [9.17, 15) is 24.5 Å². The Labute approximate surface area is 211 Å². The van der Waals surface area contributed by atoms with Gasteiger partial charge in [0.15, 0.2) is 0 Å². The molecule has 1 N–H and O–H groups in total. The highest BCUT2D eigenvalue weighted by molar-refractivity contribution is 6.39. The molecule has 0 aromatic heterocycles.